The highest BCUT2D eigenvalue weighted by molar-refractivity contribution is 5.95. The lowest BCUT2D eigenvalue weighted by molar-refractivity contribution is 0.0939. The van der Waals surface area contributed by atoms with E-state index in [2.05, 4.69) is 15.5 Å². The third-order valence-corrected chi connectivity index (χ3v) is 3.29. The van der Waals surface area contributed by atoms with Crippen molar-refractivity contribution in [1.29, 1.82) is 0 Å². The Bertz CT molecular complexity index is 666. The molecule has 21 heavy (non-hydrogen) atoms. The summed E-state index contributed by atoms with van der Waals surface area (Å²) in [6.07, 6.45) is 0.681. The summed E-state index contributed by atoms with van der Waals surface area (Å²) in [6, 6.07) is 7.14. The van der Waals surface area contributed by atoms with Crippen LogP contribution in [0, 0.1) is 6.92 Å². The molecular weight excluding hydrogens is 270 g/mol. The number of rotatable bonds is 4. The average molecular weight is 287 g/mol. The Hall–Kier alpha value is -2.50. The van der Waals surface area contributed by atoms with Crippen LogP contribution in [0.1, 0.15) is 28.7 Å². The molecule has 0 fully saturated rings. The van der Waals surface area contributed by atoms with Gasteiger partial charge in [0.25, 0.3) is 5.91 Å². The van der Waals surface area contributed by atoms with Gasteiger partial charge in [-0.3, -0.25) is 9.89 Å². The van der Waals surface area contributed by atoms with Crippen LogP contribution in [0.3, 0.4) is 0 Å². The topological polar surface area (TPSA) is 76.2 Å². The Morgan fingerprint density at radius 1 is 1.38 bits per heavy atom. The minimum absolute atomic E-state index is 0.00868. The molecule has 1 amide bonds. The van der Waals surface area contributed by atoms with Gasteiger partial charge in [-0.05, 0) is 38.1 Å². The monoisotopic (exact) mass is 287 g/mol. The van der Waals surface area contributed by atoms with Crippen molar-refractivity contribution >= 4 is 5.91 Å². The molecule has 0 bridgehead atoms. The molecule has 3 rings (SSSR count). The van der Waals surface area contributed by atoms with E-state index in [4.69, 9.17) is 9.47 Å². The molecule has 2 N–H and O–H groups in total. The third kappa shape index (κ3) is 2.99. The van der Waals surface area contributed by atoms with Gasteiger partial charge in [0.15, 0.2) is 11.5 Å². The maximum absolute atomic E-state index is 12.2. The molecular formula is C15H17N3O3. The summed E-state index contributed by atoms with van der Waals surface area (Å²) in [7, 11) is 0. The van der Waals surface area contributed by atoms with Crippen LogP contribution in [0.15, 0.2) is 24.3 Å². The molecule has 6 heteroatoms. The average Bonchev–Trinajstić information content (AvgIpc) is 3.06. The van der Waals surface area contributed by atoms with Crippen LogP contribution in [0.5, 0.6) is 11.5 Å². The minimum atomic E-state index is -0.131. The maximum Gasteiger partial charge on any atom is 0.251 e. The Balaban J connectivity index is 1.63. The summed E-state index contributed by atoms with van der Waals surface area (Å²) >= 11 is 0. The third-order valence-electron chi connectivity index (χ3n) is 3.29. The van der Waals surface area contributed by atoms with Gasteiger partial charge < -0.3 is 14.8 Å². The van der Waals surface area contributed by atoms with Crippen LogP contribution in [0.2, 0.25) is 0 Å². The molecule has 110 valence electrons. The molecule has 0 radical (unpaired) electrons. The van der Waals surface area contributed by atoms with Gasteiger partial charge in [-0.2, -0.15) is 5.10 Å². The summed E-state index contributed by atoms with van der Waals surface area (Å²) < 4.78 is 10.5. The van der Waals surface area contributed by atoms with Gasteiger partial charge in [-0.15, -0.1) is 0 Å². The van der Waals surface area contributed by atoms with Crippen molar-refractivity contribution in [2.24, 2.45) is 0 Å². The number of aromatic nitrogens is 2. The van der Waals surface area contributed by atoms with E-state index in [1.54, 1.807) is 18.2 Å². The number of aromatic amines is 1. The van der Waals surface area contributed by atoms with Crippen molar-refractivity contribution in [3.8, 4) is 11.5 Å². The minimum Gasteiger partial charge on any atom is -0.454 e. The van der Waals surface area contributed by atoms with Crippen LogP contribution in [-0.4, -0.2) is 28.9 Å². The first-order chi connectivity index (χ1) is 10.1. The number of H-pyrrole nitrogens is 1. The number of nitrogens with one attached hydrogen (secondary N) is 2. The van der Waals surface area contributed by atoms with Crippen LogP contribution >= 0.6 is 0 Å². The zero-order chi connectivity index (χ0) is 14.8. The fourth-order valence-electron chi connectivity index (χ4n) is 2.29. The lowest BCUT2D eigenvalue weighted by Crippen LogP contribution is -2.34. The largest absolute Gasteiger partial charge is 0.454 e. The van der Waals surface area contributed by atoms with Gasteiger partial charge in [-0.1, -0.05) is 0 Å². The van der Waals surface area contributed by atoms with E-state index >= 15 is 0 Å². The highest BCUT2D eigenvalue weighted by atomic mass is 16.7. The van der Waals surface area contributed by atoms with Gasteiger partial charge >= 0.3 is 0 Å². The van der Waals surface area contributed by atoms with Gasteiger partial charge in [0, 0.05) is 23.7 Å². The van der Waals surface area contributed by atoms with Crippen molar-refractivity contribution < 1.29 is 14.3 Å². The number of carbonyl (C=O) groups excluding carboxylic acids is 1. The van der Waals surface area contributed by atoms with Gasteiger partial charge in [0.2, 0.25) is 6.79 Å². The number of nitrogens with zero attached hydrogens (tertiary/aromatic N) is 1. The van der Waals surface area contributed by atoms with Crippen LogP contribution < -0.4 is 14.8 Å². The molecule has 1 aliphatic rings. The highest BCUT2D eigenvalue weighted by Gasteiger charge is 2.17. The first kappa shape index (κ1) is 13.5. The Kier molecular flexibility index (Phi) is 3.51. The van der Waals surface area contributed by atoms with Gasteiger partial charge in [-0.25, -0.2) is 0 Å². The maximum atomic E-state index is 12.2. The number of hydrogen-bond donors (Lipinski definition) is 2. The van der Waals surface area contributed by atoms with E-state index in [0.29, 0.717) is 23.5 Å². The molecule has 0 unspecified atom stereocenters. The molecule has 0 saturated heterocycles. The fraction of sp³-hybridized carbons (Fsp3) is 0.333. The molecule has 6 nitrogen and oxygen atoms in total. The molecule has 1 aromatic heterocycles. The Labute approximate surface area is 122 Å². The smallest absolute Gasteiger partial charge is 0.251 e. The van der Waals surface area contributed by atoms with Crippen molar-refractivity contribution in [2.45, 2.75) is 26.3 Å². The normalized spacial score (nSPS) is 14.0. The molecule has 0 spiro atoms. The van der Waals surface area contributed by atoms with Crippen molar-refractivity contribution in [1.82, 2.24) is 15.5 Å². The van der Waals surface area contributed by atoms with Gasteiger partial charge in [0.1, 0.15) is 0 Å². The molecule has 1 atom stereocenters. The summed E-state index contributed by atoms with van der Waals surface area (Å²) in [6.45, 7) is 4.11. The second-order valence-electron chi connectivity index (χ2n) is 5.19. The standard InChI is InChI=1S/C15H17N3O3/c1-9(5-12-6-10(2)17-18-12)16-15(19)11-3-4-13-14(7-11)21-8-20-13/h3-4,6-7,9H,5,8H2,1-2H3,(H,16,19)(H,17,18)/t9-/m0/s1. The second kappa shape index (κ2) is 5.47. The quantitative estimate of drug-likeness (QED) is 0.899. The highest BCUT2D eigenvalue weighted by Crippen LogP contribution is 2.32. The number of ether oxygens (including phenoxy) is 2. The first-order valence-electron chi connectivity index (χ1n) is 6.83. The van der Waals surface area contributed by atoms with Gasteiger partial charge in [0.05, 0.1) is 5.69 Å². The number of amides is 1. The van der Waals surface area contributed by atoms with Crippen molar-refractivity contribution in [3.05, 3.63) is 41.2 Å². The Morgan fingerprint density at radius 3 is 2.95 bits per heavy atom. The number of aryl methyl sites for hydroxylation is 1. The summed E-state index contributed by atoms with van der Waals surface area (Å²) in [5.74, 6) is 1.15. The summed E-state index contributed by atoms with van der Waals surface area (Å²) in [5, 5.41) is 10.0. The van der Waals surface area contributed by atoms with E-state index < -0.39 is 0 Å². The number of benzene rings is 1. The molecule has 0 saturated carbocycles. The lowest BCUT2D eigenvalue weighted by Gasteiger charge is -2.12. The zero-order valence-corrected chi connectivity index (χ0v) is 12.0. The molecule has 2 aromatic rings. The second-order valence-corrected chi connectivity index (χ2v) is 5.19. The van der Waals surface area contributed by atoms with Crippen LogP contribution in [0.25, 0.3) is 0 Å². The zero-order valence-electron chi connectivity index (χ0n) is 12.0. The number of fused-ring (bicyclic) bond motifs is 1. The summed E-state index contributed by atoms with van der Waals surface area (Å²) in [5.41, 5.74) is 2.51. The molecule has 2 heterocycles. The first-order valence-corrected chi connectivity index (χ1v) is 6.83. The fourth-order valence-corrected chi connectivity index (χ4v) is 2.29. The van der Waals surface area contributed by atoms with Crippen LogP contribution in [0.4, 0.5) is 0 Å². The Morgan fingerprint density at radius 2 is 2.19 bits per heavy atom. The van der Waals surface area contributed by atoms with E-state index in [1.165, 1.54) is 0 Å². The molecule has 0 aliphatic carbocycles. The van der Waals surface area contributed by atoms with E-state index in [1.807, 2.05) is 19.9 Å². The summed E-state index contributed by atoms with van der Waals surface area (Å²) in [4.78, 5) is 12.2. The predicted molar refractivity (Wildman–Crippen MR) is 76.5 cm³/mol. The van der Waals surface area contributed by atoms with E-state index in [0.717, 1.165) is 11.4 Å². The number of hydrogen-bond acceptors (Lipinski definition) is 4. The van der Waals surface area contributed by atoms with Crippen molar-refractivity contribution in [2.75, 3.05) is 6.79 Å². The van der Waals surface area contributed by atoms with Crippen LogP contribution in [-0.2, 0) is 6.42 Å². The molecule has 1 aromatic carbocycles. The predicted octanol–water partition coefficient (Wildman–Crippen LogP) is 1.81. The number of carbonyl (C=O) groups is 1. The lowest BCUT2D eigenvalue weighted by atomic mass is 10.1. The SMILES string of the molecule is Cc1cc(C[C@H](C)NC(=O)c2ccc3c(c2)OCO3)n[nH]1. The molecule has 1 aliphatic heterocycles. The van der Waals surface area contributed by atoms with E-state index in [-0.39, 0.29) is 18.7 Å². The van der Waals surface area contributed by atoms with Crippen molar-refractivity contribution in [3.63, 3.8) is 0 Å². The van der Waals surface area contributed by atoms with E-state index in [9.17, 15) is 4.79 Å².